The first-order valence-electron chi connectivity index (χ1n) is 16.2. The number of amides is 2. The number of dihydropyridines is 1. The second-order valence-corrected chi connectivity index (χ2v) is 12.3. The average molecular weight is 606 g/mol. The van der Waals surface area contributed by atoms with Crippen molar-refractivity contribution in [1.29, 1.82) is 0 Å². The zero-order valence-corrected chi connectivity index (χ0v) is 27.6. The van der Waals surface area contributed by atoms with Crippen LogP contribution >= 0.6 is 0 Å². The van der Waals surface area contributed by atoms with E-state index in [9.17, 15) is 9.59 Å². The number of nitrogens with zero attached hydrogens (tertiary/aromatic N) is 4. The van der Waals surface area contributed by atoms with E-state index in [0.717, 1.165) is 94.1 Å². The molecule has 0 spiro atoms. The van der Waals surface area contributed by atoms with Crippen molar-refractivity contribution in [2.75, 3.05) is 78.1 Å². The fraction of sp³-hybridized carbons (Fsp3) is 0.629. The van der Waals surface area contributed by atoms with Gasteiger partial charge in [0.05, 0.1) is 32.3 Å². The van der Waals surface area contributed by atoms with Crippen LogP contribution in [0.15, 0.2) is 28.8 Å². The lowest BCUT2D eigenvalue weighted by Gasteiger charge is -2.41. The van der Waals surface area contributed by atoms with Gasteiger partial charge < -0.3 is 24.6 Å². The van der Waals surface area contributed by atoms with Crippen molar-refractivity contribution in [3.05, 3.63) is 40.5 Å². The van der Waals surface area contributed by atoms with Gasteiger partial charge in [-0.05, 0) is 84.2 Å². The molecule has 2 heterocycles. The number of benzene rings is 1. The van der Waals surface area contributed by atoms with Gasteiger partial charge in [-0.3, -0.25) is 14.5 Å². The van der Waals surface area contributed by atoms with E-state index < -0.39 is 5.92 Å². The van der Waals surface area contributed by atoms with Crippen LogP contribution in [-0.4, -0.2) is 113 Å². The van der Waals surface area contributed by atoms with Crippen LogP contribution in [-0.2, 0) is 14.3 Å². The molecule has 2 aliphatic heterocycles. The maximum absolute atomic E-state index is 13.7. The molecule has 1 atom stereocenters. The van der Waals surface area contributed by atoms with Gasteiger partial charge in [0.25, 0.3) is 11.8 Å². The Morgan fingerprint density at radius 2 is 1.84 bits per heavy atom. The number of likely N-dealkylation sites (N-methyl/N-ethyl adjacent to an activating group) is 1. The largest absolute Gasteiger partial charge is 0.383 e. The predicted molar refractivity (Wildman–Crippen MR) is 177 cm³/mol. The molecule has 3 aliphatic rings. The molecule has 4 rings (SSSR count). The SMILES string of the molecule is CCN(c1cc(C#CCN2CCOCC2)cc(C(=O)NCC2C(=O)N=C(C)C=C2C)c1C)C1CCC(N(C)CCOC)CC1. The van der Waals surface area contributed by atoms with Crippen molar-refractivity contribution in [2.24, 2.45) is 10.9 Å². The molecule has 2 amide bonds. The van der Waals surface area contributed by atoms with Gasteiger partial charge in [0.1, 0.15) is 0 Å². The summed E-state index contributed by atoms with van der Waals surface area (Å²) in [5, 5.41) is 3.04. The Balaban J connectivity index is 1.56. The molecule has 1 aliphatic carbocycles. The van der Waals surface area contributed by atoms with Gasteiger partial charge in [-0.2, -0.15) is 0 Å². The Morgan fingerprint density at radius 1 is 1.14 bits per heavy atom. The van der Waals surface area contributed by atoms with Gasteiger partial charge in [0, 0.05) is 74.4 Å². The molecule has 0 bridgehead atoms. The van der Waals surface area contributed by atoms with Gasteiger partial charge in [0.2, 0.25) is 0 Å². The number of anilines is 1. The highest BCUT2D eigenvalue weighted by molar-refractivity contribution is 6.06. The number of hydrogen-bond donors (Lipinski definition) is 1. The maximum atomic E-state index is 13.7. The molecule has 1 aromatic carbocycles. The quantitative estimate of drug-likeness (QED) is 0.385. The summed E-state index contributed by atoms with van der Waals surface area (Å²) < 4.78 is 10.8. The summed E-state index contributed by atoms with van der Waals surface area (Å²) in [6.45, 7) is 14.6. The summed E-state index contributed by atoms with van der Waals surface area (Å²) in [5.74, 6) is 5.87. The number of aliphatic imine (C=N–C) groups is 1. The number of morpholine rings is 1. The summed E-state index contributed by atoms with van der Waals surface area (Å²) >= 11 is 0. The van der Waals surface area contributed by atoms with E-state index in [1.165, 1.54) is 0 Å². The van der Waals surface area contributed by atoms with Crippen LogP contribution in [0.4, 0.5) is 5.69 Å². The van der Waals surface area contributed by atoms with Crippen LogP contribution < -0.4 is 10.2 Å². The summed E-state index contributed by atoms with van der Waals surface area (Å²) in [7, 11) is 3.95. The molecule has 1 unspecified atom stereocenters. The van der Waals surface area contributed by atoms with E-state index in [2.05, 4.69) is 56.9 Å². The number of rotatable bonds is 11. The molecule has 0 aromatic heterocycles. The van der Waals surface area contributed by atoms with Crippen molar-refractivity contribution >= 4 is 23.2 Å². The first kappa shape index (κ1) is 33.9. The number of ether oxygens (including phenoxy) is 2. The molecule has 1 saturated heterocycles. The van der Waals surface area contributed by atoms with E-state index in [1.807, 2.05) is 32.9 Å². The Bertz CT molecular complexity index is 1280. The minimum absolute atomic E-state index is 0.188. The van der Waals surface area contributed by atoms with Crippen LogP contribution in [0, 0.1) is 24.7 Å². The number of methoxy groups -OCH3 is 1. The molecular weight excluding hydrogens is 554 g/mol. The van der Waals surface area contributed by atoms with Gasteiger partial charge in [-0.25, -0.2) is 4.99 Å². The monoisotopic (exact) mass is 605 g/mol. The molecule has 1 saturated carbocycles. The van der Waals surface area contributed by atoms with Crippen molar-refractivity contribution in [1.82, 2.24) is 15.1 Å². The predicted octanol–water partition coefficient (Wildman–Crippen LogP) is 3.69. The Hall–Kier alpha value is -3.03. The Labute approximate surface area is 264 Å². The third kappa shape index (κ3) is 8.79. The minimum Gasteiger partial charge on any atom is -0.383 e. The van der Waals surface area contributed by atoms with Crippen LogP contribution in [0.5, 0.6) is 0 Å². The third-order valence-corrected chi connectivity index (χ3v) is 9.33. The van der Waals surface area contributed by atoms with Crippen molar-refractivity contribution in [3.63, 3.8) is 0 Å². The topological polar surface area (TPSA) is 86.7 Å². The third-order valence-electron chi connectivity index (χ3n) is 9.33. The minimum atomic E-state index is -0.441. The summed E-state index contributed by atoms with van der Waals surface area (Å²) in [6, 6.07) is 5.03. The number of allylic oxidation sites excluding steroid dienone is 1. The lowest BCUT2D eigenvalue weighted by Crippen LogP contribution is -2.44. The highest BCUT2D eigenvalue weighted by Gasteiger charge is 2.30. The number of nitrogens with one attached hydrogen (secondary N) is 1. The molecule has 1 N–H and O–H groups in total. The van der Waals surface area contributed by atoms with Crippen LogP contribution in [0.2, 0.25) is 0 Å². The highest BCUT2D eigenvalue weighted by atomic mass is 16.5. The molecule has 44 heavy (non-hydrogen) atoms. The van der Waals surface area contributed by atoms with E-state index in [0.29, 0.717) is 29.9 Å². The van der Waals surface area contributed by atoms with Crippen molar-refractivity contribution < 1.29 is 19.1 Å². The smallest absolute Gasteiger partial charge is 0.254 e. The Kier molecular flexibility index (Phi) is 12.6. The molecule has 9 heteroatoms. The van der Waals surface area contributed by atoms with Crippen LogP contribution in [0.25, 0.3) is 0 Å². The number of carbonyl (C=O) groups excluding carboxylic acids is 2. The van der Waals surface area contributed by atoms with E-state index in [-0.39, 0.29) is 18.4 Å². The van der Waals surface area contributed by atoms with E-state index >= 15 is 0 Å². The zero-order chi connectivity index (χ0) is 31.6. The lowest BCUT2D eigenvalue weighted by atomic mass is 9.88. The fourth-order valence-electron chi connectivity index (χ4n) is 6.62. The van der Waals surface area contributed by atoms with Gasteiger partial charge in [-0.15, -0.1) is 0 Å². The standard InChI is InChI=1S/C35H51N5O4/c1-7-40(30-12-10-29(11-13-30)38(5)15-18-43-6)33-23-28(9-8-14-39-16-19-44-20-17-39)22-31(27(33)4)34(41)36-24-32-25(2)21-26(3)37-35(32)42/h21-23,29-30,32H,7,10-20,24H2,1-6H3,(H,36,41). The first-order chi connectivity index (χ1) is 21.2. The lowest BCUT2D eigenvalue weighted by molar-refractivity contribution is -0.120. The van der Waals surface area contributed by atoms with Crippen molar-refractivity contribution in [3.8, 4) is 11.8 Å². The second kappa shape index (κ2) is 16.3. The molecular formula is C35H51N5O4. The summed E-state index contributed by atoms with van der Waals surface area (Å²) in [4.78, 5) is 37.6. The highest BCUT2D eigenvalue weighted by Crippen LogP contribution is 2.33. The van der Waals surface area contributed by atoms with Gasteiger partial charge >= 0.3 is 0 Å². The Morgan fingerprint density at radius 3 is 2.50 bits per heavy atom. The summed E-state index contributed by atoms with van der Waals surface area (Å²) in [5.41, 5.74) is 5.07. The van der Waals surface area contributed by atoms with Gasteiger partial charge in [-0.1, -0.05) is 17.4 Å². The first-order valence-corrected chi connectivity index (χ1v) is 16.2. The van der Waals surface area contributed by atoms with Gasteiger partial charge in [0.15, 0.2) is 0 Å². The van der Waals surface area contributed by atoms with Crippen LogP contribution in [0.1, 0.15) is 67.9 Å². The van der Waals surface area contributed by atoms with Crippen LogP contribution in [0.3, 0.4) is 0 Å². The normalized spacial score (nSPS) is 22.6. The second-order valence-electron chi connectivity index (χ2n) is 12.3. The number of carbonyl (C=O) groups is 2. The molecule has 9 nitrogen and oxygen atoms in total. The molecule has 0 radical (unpaired) electrons. The summed E-state index contributed by atoms with van der Waals surface area (Å²) in [6.07, 6.45) is 6.38. The average Bonchev–Trinajstić information content (AvgIpc) is 3.01. The zero-order valence-electron chi connectivity index (χ0n) is 27.6. The molecule has 2 fully saturated rings. The maximum Gasteiger partial charge on any atom is 0.254 e. The van der Waals surface area contributed by atoms with Crippen molar-refractivity contribution in [2.45, 2.75) is 65.5 Å². The molecule has 1 aromatic rings. The van der Waals surface area contributed by atoms with E-state index in [1.54, 1.807) is 7.11 Å². The van der Waals surface area contributed by atoms with E-state index in [4.69, 9.17) is 9.47 Å². The fourth-order valence-corrected chi connectivity index (χ4v) is 6.62. The number of hydrogen-bond acceptors (Lipinski definition) is 7. The molecule has 240 valence electrons.